The van der Waals surface area contributed by atoms with Gasteiger partial charge in [0.05, 0.1) is 5.69 Å². The fraction of sp³-hybridized carbons (Fsp3) is 0.250. The summed E-state index contributed by atoms with van der Waals surface area (Å²) in [4.78, 5) is 38.3. The fourth-order valence-corrected chi connectivity index (χ4v) is 3.87. The number of halogens is 1. The standard InChI is InChI=1S/C20H17ClN2O5/c21-14-5-6-16-15(7-14)23(18(25)11-28-16)10-17(24)22-20(19(26)27)8-12-3-1-2-4-13(12)9-20/h1-7H,8-11H2,(H,22,24)(H,26,27). The van der Waals surface area contributed by atoms with Crippen LogP contribution < -0.4 is 15.0 Å². The molecule has 0 saturated heterocycles. The molecule has 0 radical (unpaired) electrons. The van der Waals surface area contributed by atoms with Crippen molar-refractivity contribution < 1.29 is 24.2 Å². The Morgan fingerprint density at radius 2 is 1.86 bits per heavy atom. The van der Waals surface area contributed by atoms with E-state index in [1.165, 1.54) is 4.90 Å². The molecule has 2 amide bonds. The van der Waals surface area contributed by atoms with E-state index in [1.807, 2.05) is 24.3 Å². The number of carbonyl (C=O) groups excluding carboxylic acids is 2. The van der Waals surface area contributed by atoms with Crippen molar-refractivity contribution in [2.45, 2.75) is 18.4 Å². The second-order valence-corrected chi connectivity index (χ2v) is 7.37. The van der Waals surface area contributed by atoms with Crippen molar-refractivity contribution in [2.75, 3.05) is 18.1 Å². The predicted molar refractivity (Wildman–Crippen MR) is 102 cm³/mol. The average Bonchev–Trinajstić information content (AvgIpc) is 3.03. The largest absolute Gasteiger partial charge is 0.482 e. The zero-order valence-corrected chi connectivity index (χ0v) is 15.5. The maximum Gasteiger partial charge on any atom is 0.330 e. The monoisotopic (exact) mass is 400 g/mol. The highest BCUT2D eigenvalue weighted by molar-refractivity contribution is 6.31. The van der Waals surface area contributed by atoms with Crippen molar-refractivity contribution in [3.8, 4) is 5.75 Å². The van der Waals surface area contributed by atoms with Crippen LogP contribution in [-0.4, -0.2) is 41.6 Å². The molecule has 8 heteroatoms. The first kappa shape index (κ1) is 18.3. The topological polar surface area (TPSA) is 95.9 Å². The van der Waals surface area contributed by atoms with Crippen LogP contribution in [0.1, 0.15) is 11.1 Å². The number of carbonyl (C=O) groups is 3. The van der Waals surface area contributed by atoms with Crippen molar-refractivity contribution >= 4 is 35.1 Å². The first-order chi connectivity index (χ1) is 13.4. The van der Waals surface area contributed by atoms with Crippen LogP contribution in [-0.2, 0) is 27.2 Å². The van der Waals surface area contributed by atoms with Crippen molar-refractivity contribution in [3.63, 3.8) is 0 Å². The van der Waals surface area contributed by atoms with Gasteiger partial charge >= 0.3 is 5.97 Å². The Bertz CT molecular complexity index is 965. The number of fused-ring (bicyclic) bond motifs is 2. The van der Waals surface area contributed by atoms with Gasteiger partial charge in [-0.2, -0.15) is 0 Å². The number of nitrogens with zero attached hydrogens (tertiary/aromatic N) is 1. The van der Waals surface area contributed by atoms with Crippen LogP contribution in [0.15, 0.2) is 42.5 Å². The summed E-state index contributed by atoms with van der Waals surface area (Å²) in [5, 5.41) is 12.8. The molecule has 2 N–H and O–H groups in total. The Balaban J connectivity index is 1.55. The molecular formula is C20H17ClN2O5. The second kappa shape index (κ2) is 6.83. The number of rotatable bonds is 4. The van der Waals surface area contributed by atoms with E-state index >= 15 is 0 Å². The van der Waals surface area contributed by atoms with Crippen molar-refractivity contribution in [1.29, 1.82) is 0 Å². The molecule has 2 aromatic rings. The summed E-state index contributed by atoms with van der Waals surface area (Å²) in [5.74, 6) is -1.62. The van der Waals surface area contributed by atoms with Crippen LogP contribution in [0.3, 0.4) is 0 Å². The Labute approximate surface area is 165 Å². The van der Waals surface area contributed by atoms with Crippen LogP contribution in [0.4, 0.5) is 5.69 Å². The lowest BCUT2D eigenvalue weighted by atomic mass is 9.95. The molecule has 1 aliphatic heterocycles. The molecule has 0 bridgehead atoms. The molecule has 0 spiro atoms. The minimum absolute atomic E-state index is 0.197. The van der Waals surface area contributed by atoms with Gasteiger partial charge in [-0.15, -0.1) is 0 Å². The van der Waals surface area contributed by atoms with Gasteiger partial charge in [-0.05, 0) is 29.3 Å². The zero-order chi connectivity index (χ0) is 19.9. The lowest BCUT2D eigenvalue weighted by Gasteiger charge is -2.31. The van der Waals surface area contributed by atoms with Crippen LogP contribution in [0, 0.1) is 0 Å². The molecule has 1 heterocycles. The SMILES string of the molecule is O=C(CN1C(=O)COc2ccc(Cl)cc21)NC1(C(=O)O)Cc2ccccc2C1. The summed E-state index contributed by atoms with van der Waals surface area (Å²) in [5.41, 5.74) is 0.750. The second-order valence-electron chi connectivity index (χ2n) is 6.94. The van der Waals surface area contributed by atoms with E-state index in [9.17, 15) is 19.5 Å². The van der Waals surface area contributed by atoms with E-state index in [1.54, 1.807) is 18.2 Å². The molecule has 7 nitrogen and oxygen atoms in total. The first-order valence-electron chi connectivity index (χ1n) is 8.72. The van der Waals surface area contributed by atoms with Gasteiger partial charge in [0.2, 0.25) is 5.91 Å². The predicted octanol–water partition coefficient (Wildman–Crippen LogP) is 1.80. The molecule has 4 rings (SSSR count). The highest BCUT2D eigenvalue weighted by Crippen LogP contribution is 2.35. The number of ether oxygens (including phenoxy) is 1. The molecule has 2 aliphatic rings. The molecule has 0 atom stereocenters. The smallest absolute Gasteiger partial charge is 0.330 e. The molecule has 0 unspecified atom stereocenters. The Kier molecular flexibility index (Phi) is 4.47. The van der Waals surface area contributed by atoms with Gasteiger partial charge in [0.25, 0.3) is 5.91 Å². The van der Waals surface area contributed by atoms with Gasteiger partial charge in [0.1, 0.15) is 17.8 Å². The number of hydrogen-bond donors (Lipinski definition) is 2. The Hall–Kier alpha value is -3.06. The molecule has 0 fully saturated rings. The quantitative estimate of drug-likeness (QED) is 0.816. The summed E-state index contributed by atoms with van der Waals surface area (Å²) in [6, 6.07) is 12.2. The van der Waals surface area contributed by atoms with Gasteiger partial charge in [-0.3, -0.25) is 14.5 Å². The maximum atomic E-state index is 12.7. The molecule has 0 saturated carbocycles. The van der Waals surface area contributed by atoms with E-state index in [4.69, 9.17) is 16.3 Å². The first-order valence-corrected chi connectivity index (χ1v) is 9.10. The van der Waals surface area contributed by atoms with Crippen molar-refractivity contribution in [1.82, 2.24) is 5.32 Å². The maximum absolute atomic E-state index is 12.7. The third kappa shape index (κ3) is 3.18. The Morgan fingerprint density at radius 3 is 2.50 bits per heavy atom. The van der Waals surface area contributed by atoms with Crippen LogP contribution in [0.5, 0.6) is 5.75 Å². The fourth-order valence-electron chi connectivity index (χ4n) is 3.71. The van der Waals surface area contributed by atoms with E-state index in [2.05, 4.69) is 5.32 Å². The summed E-state index contributed by atoms with van der Waals surface area (Å²) in [6.45, 7) is -0.516. The summed E-state index contributed by atoms with van der Waals surface area (Å²) in [7, 11) is 0. The van der Waals surface area contributed by atoms with E-state index in [-0.39, 0.29) is 26.0 Å². The lowest BCUT2D eigenvalue weighted by molar-refractivity contribution is -0.147. The zero-order valence-electron chi connectivity index (χ0n) is 14.8. The third-order valence-electron chi connectivity index (χ3n) is 5.06. The van der Waals surface area contributed by atoms with Crippen molar-refractivity contribution in [2.24, 2.45) is 0 Å². The summed E-state index contributed by atoms with van der Waals surface area (Å²) >= 11 is 6.01. The summed E-state index contributed by atoms with van der Waals surface area (Å²) < 4.78 is 5.36. The molecular weight excluding hydrogens is 384 g/mol. The minimum Gasteiger partial charge on any atom is -0.482 e. The van der Waals surface area contributed by atoms with Gasteiger partial charge in [-0.1, -0.05) is 35.9 Å². The van der Waals surface area contributed by atoms with Crippen molar-refractivity contribution in [3.05, 3.63) is 58.6 Å². The third-order valence-corrected chi connectivity index (χ3v) is 5.29. The van der Waals surface area contributed by atoms with Crippen LogP contribution >= 0.6 is 11.6 Å². The van der Waals surface area contributed by atoms with E-state index < -0.39 is 23.3 Å². The van der Waals surface area contributed by atoms with E-state index in [0.717, 1.165) is 11.1 Å². The highest BCUT2D eigenvalue weighted by Gasteiger charge is 2.45. The Morgan fingerprint density at radius 1 is 1.18 bits per heavy atom. The number of amides is 2. The number of benzene rings is 2. The van der Waals surface area contributed by atoms with Crippen LogP contribution in [0.2, 0.25) is 5.02 Å². The molecule has 144 valence electrons. The summed E-state index contributed by atoms with van der Waals surface area (Å²) in [6.07, 6.45) is 0.396. The highest BCUT2D eigenvalue weighted by atomic mass is 35.5. The number of carboxylic acid groups (broad SMARTS) is 1. The van der Waals surface area contributed by atoms with E-state index in [0.29, 0.717) is 16.5 Å². The molecule has 1 aliphatic carbocycles. The number of nitrogens with one attached hydrogen (secondary N) is 1. The number of hydrogen-bond acceptors (Lipinski definition) is 4. The van der Waals surface area contributed by atoms with Gasteiger partial charge in [-0.25, -0.2) is 4.79 Å². The number of anilines is 1. The van der Waals surface area contributed by atoms with Crippen LogP contribution in [0.25, 0.3) is 0 Å². The molecule has 28 heavy (non-hydrogen) atoms. The molecule has 0 aromatic heterocycles. The van der Waals surface area contributed by atoms with Gasteiger partial charge in [0, 0.05) is 17.9 Å². The lowest BCUT2D eigenvalue weighted by Crippen LogP contribution is -2.58. The van der Waals surface area contributed by atoms with Gasteiger partial charge in [0.15, 0.2) is 6.61 Å². The minimum atomic E-state index is -1.42. The normalized spacial score (nSPS) is 16.8. The average molecular weight is 401 g/mol. The van der Waals surface area contributed by atoms with Gasteiger partial charge < -0.3 is 15.2 Å². The number of aliphatic carboxylic acids is 1. The molecule has 2 aromatic carbocycles. The number of carboxylic acids is 1.